The molecule has 0 aromatic carbocycles. The van der Waals surface area contributed by atoms with E-state index in [4.69, 9.17) is 14.7 Å². The van der Waals surface area contributed by atoms with Gasteiger partial charge in [0.25, 0.3) is 5.91 Å². The predicted molar refractivity (Wildman–Crippen MR) is 136 cm³/mol. The molecule has 0 unspecified atom stereocenters. The average Bonchev–Trinajstić information content (AvgIpc) is 3.19. The highest BCUT2D eigenvalue weighted by molar-refractivity contribution is 7.10. The lowest BCUT2D eigenvalue weighted by molar-refractivity contribution is 0.0525. The molecule has 0 atom stereocenters. The fourth-order valence-electron chi connectivity index (χ4n) is 2.86. The van der Waals surface area contributed by atoms with Crippen LogP contribution in [-0.2, 0) is 4.74 Å². The minimum absolute atomic E-state index is 0.346. The number of carbonyl (C=O) groups excluding carboxylic acids is 2. The number of nitriles is 1. The van der Waals surface area contributed by atoms with E-state index in [-0.39, 0.29) is 5.91 Å². The molecule has 3 N–H and O–H groups in total. The normalized spacial score (nSPS) is 10.8. The third-order valence-corrected chi connectivity index (χ3v) is 5.31. The summed E-state index contributed by atoms with van der Waals surface area (Å²) in [7, 11) is 0. The Kier molecular flexibility index (Phi) is 8.75. The summed E-state index contributed by atoms with van der Waals surface area (Å²) in [5, 5.41) is 18.0. The summed E-state index contributed by atoms with van der Waals surface area (Å²) in [6, 6.07) is 8.64. The molecule has 0 bridgehead atoms. The Morgan fingerprint density at radius 1 is 1.14 bits per heavy atom. The zero-order chi connectivity index (χ0) is 26.1. The van der Waals surface area contributed by atoms with Crippen molar-refractivity contribution in [3.63, 3.8) is 0 Å². The topological polar surface area (TPSA) is 151 Å². The van der Waals surface area contributed by atoms with Crippen molar-refractivity contribution in [2.45, 2.75) is 39.7 Å². The van der Waals surface area contributed by atoms with Gasteiger partial charge in [-0.15, -0.1) is 0 Å². The molecule has 3 rings (SSSR count). The smallest absolute Gasteiger partial charge is 0.407 e. The van der Waals surface area contributed by atoms with Crippen molar-refractivity contribution >= 4 is 40.0 Å². The molecule has 11 nitrogen and oxygen atoms in total. The van der Waals surface area contributed by atoms with Gasteiger partial charge in [-0.1, -0.05) is 0 Å². The summed E-state index contributed by atoms with van der Waals surface area (Å²) < 4.78 is 15.0. The number of alkyl carbamates (subject to hydrolysis) is 1. The largest absolute Gasteiger partial charge is 0.478 e. The monoisotopic (exact) mass is 509 g/mol. The number of ether oxygens (including phenoxy) is 2. The lowest BCUT2D eigenvalue weighted by atomic mass is 10.2. The summed E-state index contributed by atoms with van der Waals surface area (Å²) in [4.78, 5) is 32.9. The Morgan fingerprint density at radius 2 is 1.94 bits per heavy atom. The van der Waals surface area contributed by atoms with E-state index in [1.165, 1.54) is 12.4 Å². The highest BCUT2D eigenvalue weighted by Crippen LogP contribution is 2.28. The minimum Gasteiger partial charge on any atom is -0.478 e. The fraction of sp³-hybridized carbons (Fsp3) is 0.333. The van der Waals surface area contributed by atoms with Gasteiger partial charge >= 0.3 is 6.09 Å². The first-order valence-corrected chi connectivity index (χ1v) is 11.9. The van der Waals surface area contributed by atoms with Gasteiger partial charge in [0, 0.05) is 18.8 Å². The van der Waals surface area contributed by atoms with Gasteiger partial charge in [0.05, 0.1) is 35.3 Å². The molecule has 0 saturated heterocycles. The lowest BCUT2D eigenvalue weighted by Gasteiger charge is -2.19. The third kappa shape index (κ3) is 7.92. The number of aryl methyl sites for hydroxylation is 1. The number of pyridine rings is 2. The van der Waals surface area contributed by atoms with Gasteiger partial charge in [-0.3, -0.25) is 4.79 Å². The molecule has 3 heterocycles. The van der Waals surface area contributed by atoms with E-state index >= 15 is 0 Å². The first-order valence-electron chi connectivity index (χ1n) is 11.1. The first kappa shape index (κ1) is 26.4. The molecular formula is C24H27N7O4S. The van der Waals surface area contributed by atoms with Crippen LogP contribution in [0.3, 0.4) is 0 Å². The molecule has 2 amide bonds. The molecule has 0 fully saturated rings. The Labute approximate surface area is 213 Å². The average molecular weight is 510 g/mol. The summed E-state index contributed by atoms with van der Waals surface area (Å²) in [5.41, 5.74) is 1.36. The Hall–Kier alpha value is -4.24. The molecule has 0 aliphatic carbocycles. The maximum atomic E-state index is 12.9. The maximum Gasteiger partial charge on any atom is 0.407 e. The summed E-state index contributed by atoms with van der Waals surface area (Å²) >= 11 is 1.14. The second-order valence-corrected chi connectivity index (χ2v) is 9.38. The van der Waals surface area contributed by atoms with E-state index in [2.05, 4.69) is 30.3 Å². The van der Waals surface area contributed by atoms with E-state index < -0.39 is 11.7 Å². The molecule has 0 aliphatic heterocycles. The molecule has 36 heavy (non-hydrogen) atoms. The second kappa shape index (κ2) is 11.9. The third-order valence-electron chi connectivity index (χ3n) is 4.46. The van der Waals surface area contributed by atoms with Gasteiger partial charge in [-0.25, -0.2) is 14.8 Å². The summed E-state index contributed by atoms with van der Waals surface area (Å²) in [6.07, 6.45) is 3.05. The first-order chi connectivity index (χ1) is 17.1. The van der Waals surface area contributed by atoms with Gasteiger partial charge in [-0.05, 0) is 63.8 Å². The molecule has 188 valence electrons. The predicted octanol–water partition coefficient (Wildman–Crippen LogP) is 4.40. The van der Waals surface area contributed by atoms with Crippen molar-refractivity contribution in [3.05, 3.63) is 53.5 Å². The van der Waals surface area contributed by atoms with Crippen LogP contribution in [0.5, 0.6) is 5.88 Å². The van der Waals surface area contributed by atoms with Crippen LogP contribution in [0, 0.1) is 18.3 Å². The van der Waals surface area contributed by atoms with Gasteiger partial charge in [-0.2, -0.15) is 9.64 Å². The van der Waals surface area contributed by atoms with E-state index in [1.54, 1.807) is 52.0 Å². The van der Waals surface area contributed by atoms with Gasteiger partial charge in [0.2, 0.25) is 5.88 Å². The molecule has 12 heteroatoms. The van der Waals surface area contributed by atoms with Gasteiger partial charge < -0.3 is 25.4 Å². The molecule has 0 saturated carbocycles. The van der Waals surface area contributed by atoms with E-state index in [1.807, 2.05) is 6.07 Å². The minimum atomic E-state index is -0.541. The van der Waals surface area contributed by atoms with Crippen LogP contribution >= 0.6 is 11.5 Å². The van der Waals surface area contributed by atoms with Crippen molar-refractivity contribution < 1.29 is 19.1 Å². The van der Waals surface area contributed by atoms with Crippen molar-refractivity contribution in [3.8, 4) is 11.9 Å². The SMILES string of the molecule is Cc1nsc(Nc2ccc(C#N)cn2)c1C(=O)Nc1ccc(OCCCNC(=O)OC(C)(C)C)nc1. The van der Waals surface area contributed by atoms with Crippen molar-refractivity contribution in [1.82, 2.24) is 19.7 Å². The standard InChI is InChI=1S/C24H27N7O4S/c1-15-20(22(36-31-15)30-18-8-6-16(12-25)13-27-18)21(32)29-17-7-9-19(28-14-17)34-11-5-10-26-23(33)35-24(2,3)4/h6-9,13-14H,5,10-11H2,1-4H3,(H,26,33)(H,27,30)(H,29,32). The van der Waals surface area contributed by atoms with E-state index in [0.717, 1.165) is 11.5 Å². The van der Waals surface area contributed by atoms with Crippen LogP contribution in [0.1, 0.15) is 48.8 Å². The van der Waals surface area contributed by atoms with Crippen LogP contribution < -0.4 is 20.7 Å². The molecule has 0 spiro atoms. The molecule has 0 aliphatic rings. The van der Waals surface area contributed by atoms with Crippen LogP contribution in [0.15, 0.2) is 36.7 Å². The quantitative estimate of drug-likeness (QED) is 0.356. The number of carbonyl (C=O) groups is 2. The van der Waals surface area contributed by atoms with Gasteiger partial charge in [0.15, 0.2) is 0 Å². The number of hydrogen-bond acceptors (Lipinski definition) is 10. The van der Waals surface area contributed by atoms with Crippen molar-refractivity contribution in [2.24, 2.45) is 0 Å². The Morgan fingerprint density at radius 3 is 2.58 bits per heavy atom. The number of anilines is 3. The molecule has 3 aromatic heterocycles. The highest BCUT2D eigenvalue weighted by atomic mass is 32.1. The number of rotatable bonds is 9. The summed E-state index contributed by atoms with van der Waals surface area (Å²) in [6.45, 7) is 7.91. The van der Waals surface area contributed by atoms with Crippen molar-refractivity contribution in [2.75, 3.05) is 23.8 Å². The zero-order valence-corrected chi connectivity index (χ0v) is 21.2. The Bertz CT molecular complexity index is 1230. The second-order valence-electron chi connectivity index (χ2n) is 8.61. The molecule has 3 aromatic rings. The lowest BCUT2D eigenvalue weighted by Crippen LogP contribution is -2.33. The number of nitrogens with one attached hydrogen (secondary N) is 3. The Balaban J connectivity index is 1.49. The van der Waals surface area contributed by atoms with Crippen LogP contribution in [0.2, 0.25) is 0 Å². The van der Waals surface area contributed by atoms with Crippen molar-refractivity contribution in [1.29, 1.82) is 5.26 Å². The molecular weight excluding hydrogens is 482 g/mol. The van der Waals surface area contributed by atoms with E-state index in [0.29, 0.717) is 58.8 Å². The number of hydrogen-bond donors (Lipinski definition) is 3. The maximum absolute atomic E-state index is 12.9. The van der Waals surface area contributed by atoms with Crippen LogP contribution in [0.4, 0.5) is 21.3 Å². The number of aromatic nitrogens is 3. The summed E-state index contributed by atoms with van der Waals surface area (Å²) in [5.74, 6) is 0.546. The highest BCUT2D eigenvalue weighted by Gasteiger charge is 2.19. The number of amides is 2. The fourth-order valence-corrected chi connectivity index (χ4v) is 3.66. The number of nitrogens with zero attached hydrogens (tertiary/aromatic N) is 4. The zero-order valence-electron chi connectivity index (χ0n) is 20.4. The van der Waals surface area contributed by atoms with Crippen LogP contribution in [0.25, 0.3) is 0 Å². The van der Waals surface area contributed by atoms with Crippen LogP contribution in [-0.4, -0.2) is 45.1 Å². The van der Waals surface area contributed by atoms with E-state index in [9.17, 15) is 9.59 Å². The van der Waals surface area contributed by atoms with Gasteiger partial charge in [0.1, 0.15) is 22.5 Å². The molecule has 0 radical (unpaired) electrons.